The van der Waals surface area contributed by atoms with Crippen LogP contribution in [0.2, 0.25) is 0 Å². The van der Waals surface area contributed by atoms with E-state index in [0.29, 0.717) is 42.3 Å². The van der Waals surface area contributed by atoms with Crippen LogP contribution in [0.15, 0.2) is 19.2 Å². The minimum absolute atomic E-state index is 0.167. The molecule has 2 heterocycles. The average Bonchev–Trinajstić information content (AvgIpc) is 3.00. The number of aromatic nitrogens is 4. The zero-order valence-electron chi connectivity index (χ0n) is 11.9. The lowest BCUT2D eigenvalue weighted by Crippen LogP contribution is -2.14. The maximum absolute atomic E-state index is 14.4. The lowest BCUT2D eigenvalue weighted by atomic mass is 10.1. The quantitative estimate of drug-likeness (QED) is 0.873. The Kier molecular flexibility index (Phi) is 3.48. The number of nitrogen functional groups attached to an aromatic ring is 1. The number of fused-ring (bicyclic) bond motifs is 1. The summed E-state index contributed by atoms with van der Waals surface area (Å²) in [5.41, 5.74) is 6.97. The SMILES string of the molecule is C=COCC1CC(F)C(n2cnc3c(N)nc(C)nc32)C1. The Labute approximate surface area is 121 Å². The van der Waals surface area contributed by atoms with E-state index in [-0.39, 0.29) is 12.0 Å². The van der Waals surface area contributed by atoms with Crippen molar-refractivity contribution < 1.29 is 9.13 Å². The first-order valence-corrected chi connectivity index (χ1v) is 6.93. The molecule has 0 amide bonds. The molecule has 0 aliphatic heterocycles. The van der Waals surface area contributed by atoms with Crippen molar-refractivity contribution in [2.45, 2.75) is 32.0 Å². The van der Waals surface area contributed by atoms with Crippen molar-refractivity contribution in [3.8, 4) is 0 Å². The lowest BCUT2D eigenvalue weighted by Gasteiger charge is -2.15. The van der Waals surface area contributed by atoms with Gasteiger partial charge in [-0.2, -0.15) is 0 Å². The summed E-state index contributed by atoms with van der Waals surface area (Å²) < 4.78 is 21.3. The Hall–Kier alpha value is -2.18. The maximum atomic E-state index is 14.4. The number of nitrogens with zero attached hydrogens (tertiary/aromatic N) is 4. The molecular formula is C14H18FN5O. The first-order chi connectivity index (χ1) is 10.1. The minimum atomic E-state index is -0.947. The van der Waals surface area contributed by atoms with Gasteiger partial charge in [0.1, 0.15) is 17.5 Å². The molecule has 3 unspecified atom stereocenters. The van der Waals surface area contributed by atoms with Crippen molar-refractivity contribution in [2.24, 2.45) is 5.92 Å². The number of hydrogen-bond donors (Lipinski definition) is 1. The van der Waals surface area contributed by atoms with E-state index in [9.17, 15) is 4.39 Å². The van der Waals surface area contributed by atoms with Crippen molar-refractivity contribution >= 4 is 17.0 Å². The number of ether oxygens (including phenoxy) is 1. The predicted molar refractivity (Wildman–Crippen MR) is 77.3 cm³/mol. The van der Waals surface area contributed by atoms with Crippen LogP contribution >= 0.6 is 0 Å². The predicted octanol–water partition coefficient (Wildman–Crippen LogP) is 2.17. The Morgan fingerprint density at radius 1 is 1.52 bits per heavy atom. The van der Waals surface area contributed by atoms with Crippen LogP contribution in [0, 0.1) is 12.8 Å². The number of aryl methyl sites for hydroxylation is 1. The van der Waals surface area contributed by atoms with Crippen LogP contribution in [0.3, 0.4) is 0 Å². The summed E-state index contributed by atoms with van der Waals surface area (Å²) in [5.74, 6) is 1.05. The van der Waals surface area contributed by atoms with Gasteiger partial charge in [-0.1, -0.05) is 6.58 Å². The van der Waals surface area contributed by atoms with E-state index < -0.39 is 6.17 Å². The molecule has 0 radical (unpaired) electrons. The summed E-state index contributed by atoms with van der Waals surface area (Å²) in [7, 11) is 0. The van der Waals surface area contributed by atoms with E-state index in [1.54, 1.807) is 17.8 Å². The molecule has 6 nitrogen and oxygen atoms in total. The average molecular weight is 291 g/mol. The van der Waals surface area contributed by atoms with Gasteiger partial charge in [0.2, 0.25) is 0 Å². The van der Waals surface area contributed by atoms with Gasteiger partial charge in [0.15, 0.2) is 11.5 Å². The Morgan fingerprint density at radius 3 is 3.10 bits per heavy atom. The molecule has 0 bridgehead atoms. The molecular weight excluding hydrogens is 273 g/mol. The van der Waals surface area contributed by atoms with Gasteiger partial charge in [0.05, 0.1) is 25.2 Å². The molecule has 0 aromatic carbocycles. The van der Waals surface area contributed by atoms with Crippen molar-refractivity contribution in [1.82, 2.24) is 19.5 Å². The molecule has 21 heavy (non-hydrogen) atoms. The van der Waals surface area contributed by atoms with Gasteiger partial charge in [-0.15, -0.1) is 0 Å². The number of anilines is 1. The van der Waals surface area contributed by atoms with Gasteiger partial charge >= 0.3 is 0 Å². The van der Waals surface area contributed by atoms with Crippen LogP contribution in [0.1, 0.15) is 24.7 Å². The van der Waals surface area contributed by atoms with Gasteiger partial charge in [0, 0.05) is 0 Å². The smallest absolute Gasteiger partial charge is 0.166 e. The van der Waals surface area contributed by atoms with E-state index in [2.05, 4.69) is 21.5 Å². The minimum Gasteiger partial charge on any atom is -0.502 e. The summed E-state index contributed by atoms with van der Waals surface area (Å²) in [5, 5.41) is 0. The second-order valence-corrected chi connectivity index (χ2v) is 5.40. The lowest BCUT2D eigenvalue weighted by molar-refractivity contribution is 0.191. The fraction of sp³-hybridized carbons (Fsp3) is 0.500. The molecule has 112 valence electrons. The number of hydrogen-bond acceptors (Lipinski definition) is 5. The largest absolute Gasteiger partial charge is 0.502 e. The fourth-order valence-electron chi connectivity index (χ4n) is 2.98. The summed E-state index contributed by atoms with van der Waals surface area (Å²) in [6.07, 6.45) is 3.20. The Morgan fingerprint density at radius 2 is 2.33 bits per heavy atom. The molecule has 3 rings (SSSR count). The van der Waals surface area contributed by atoms with E-state index >= 15 is 0 Å². The van der Waals surface area contributed by atoms with E-state index in [1.807, 2.05) is 0 Å². The highest BCUT2D eigenvalue weighted by atomic mass is 19.1. The van der Waals surface area contributed by atoms with Gasteiger partial charge in [-0.05, 0) is 25.7 Å². The molecule has 2 aromatic rings. The highest BCUT2D eigenvalue weighted by molar-refractivity contribution is 5.81. The molecule has 1 fully saturated rings. The number of imidazole rings is 1. The molecule has 0 spiro atoms. The monoisotopic (exact) mass is 291 g/mol. The van der Waals surface area contributed by atoms with Crippen LogP contribution in [0.25, 0.3) is 11.2 Å². The topological polar surface area (TPSA) is 78.9 Å². The third-order valence-corrected chi connectivity index (χ3v) is 3.92. The number of rotatable bonds is 4. The Balaban J connectivity index is 1.92. The highest BCUT2D eigenvalue weighted by Gasteiger charge is 2.36. The number of alkyl halides is 1. The van der Waals surface area contributed by atoms with Gasteiger partial charge in [0.25, 0.3) is 0 Å². The molecule has 0 saturated heterocycles. The molecule has 3 atom stereocenters. The fourth-order valence-corrected chi connectivity index (χ4v) is 2.98. The summed E-state index contributed by atoms with van der Waals surface area (Å²) >= 11 is 0. The van der Waals surface area contributed by atoms with E-state index in [0.717, 1.165) is 0 Å². The molecule has 1 saturated carbocycles. The molecule has 2 aromatic heterocycles. The van der Waals surface area contributed by atoms with Crippen LogP contribution in [-0.2, 0) is 4.74 Å². The van der Waals surface area contributed by atoms with Crippen LogP contribution in [0.5, 0.6) is 0 Å². The zero-order chi connectivity index (χ0) is 15.0. The van der Waals surface area contributed by atoms with Crippen molar-refractivity contribution in [3.05, 3.63) is 25.0 Å². The van der Waals surface area contributed by atoms with E-state index in [1.165, 1.54) is 6.26 Å². The first kappa shape index (κ1) is 13.8. The van der Waals surface area contributed by atoms with Gasteiger partial charge in [-0.25, -0.2) is 19.3 Å². The van der Waals surface area contributed by atoms with Crippen molar-refractivity contribution in [2.75, 3.05) is 12.3 Å². The Bertz CT molecular complexity index is 671. The normalized spacial score (nSPS) is 25.3. The number of halogens is 1. The van der Waals surface area contributed by atoms with Crippen LogP contribution < -0.4 is 5.73 Å². The third-order valence-electron chi connectivity index (χ3n) is 3.92. The second kappa shape index (κ2) is 5.31. The second-order valence-electron chi connectivity index (χ2n) is 5.40. The van der Waals surface area contributed by atoms with Crippen LogP contribution in [0.4, 0.5) is 10.2 Å². The van der Waals surface area contributed by atoms with Gasteiger partial charge < -0.3 is 15.0 Å². The highest BCUT2D eigenvalue weighted by Crippen LogP contribution is 2.38. The molecule has 2 N–H and O–H groups in total. The number of nitrogens with two attached hydrogens (primary N) is 1. The summed E-state index contributed by atoms with van der Waals surface area (Å²) in [4.78, 5) is 12.7. The molecule has 1 aliphatic rings. The van der Waals surface area contributed by atoms with Crippen molar-refractivity contribution in [1.29, 1.82) is 0 Å². The van der Waals surface area contributed by atoms with E-state index in [4.69, 9.17) is 10.5 Å². The zero-order valence-corrected chi connectivity index (χ0v) is 11.9. The summed E-state index contributed by atoms with van der Waals surface area (Å²) in [6, 6.07) is -0.290. The first-order valence-electron chi connectivity index (χ1n) is 6.93. The van der Waals surface area contributed by atoms with Crippen molar-refractivity contribution in [3.63, 3.8) is 0 Å². The summed E-state index contributed by atoms with van der Waals surface area (Å²) in [6.45, 7) is 5.76. The third kappa shape index (κ3) is 2.43. The van der Waals surface area contributed by atoms with Gasteiger partial charge in [-0.3, -0.25) is 0 Å². The standard InChI is InChI=1S/C14H18FN5O/c1-3-21-6-9-4-10(15)11(5-9)20-7-17-12-13(16)18-8(2)19-14(12)20/h3,7,9-11H,1,4-6H2,2H3,(H2,16,18,19). The molecule has 1 aliphatic carbocycles. The maximum Gasteiger partial charge on any atom is 0.166 e. The molecule has 7 heteroatoms. The van der Waals surface area contributed by atoms with Crippen LogP contribution in [-0.4, -0.2) is 32.3 Å².